The maximum absolute atomic E-state index is 12.2. The smallest absolute Gasteiger partial charge is 0.358 e. The summed E-state index contributed by atoms with van der Waals surface area (Å²) in [5, 5.41) is 0. The number of piperidine rings is 1. The van der Waals surface area contributed by atoms with E-state index in [1.54, 1.807) is 13.8 Å². The summed E-state index contributed by atoms with van der Waals surface area (Å²) in [4.78, 5) is 33.8. The maximum Gasteiger partial charge on any atom is 0.358 e. The third kappa shape index (κ3) is 2.95. The highest BCUT2D eigenvalue weighted by molar-refractivity contribution is 7.71. The number of hydrogen-bond acceptors (Lipinski definition) is 7. The molecule has 1 N–H and O–H groups in total. The molecule has 0 radical (unpaired) electrons. The second-order valence-electron chi connectivity index (χ2n) is 6.25. The molecule has 0 saturated carbocycles. The van der Waals surface area contributed by atoms with Crippen LogP contribution in [0, 0.1) is 17.0 Å². The van der Waals surface area contributed by atoms with E-state index < -0.39 is 5.97 Å². The molecule has 1 aromatic rings. The zero-order chi connectivity index (χ0) is 17.3. The molecule has 0 atom stereocenters. The normalized spacial score (nSPS) is 19.8. The molecule has 1 spiro atoms. The number of nitrogens with zero attached hydrogens (tertiary/aromatic N) is 2. The van der Waals surface area contributed by atoms with E-state index in [-0.39, 0.29) is 30.1 Å². The Morgan fingerprint density at radius 3 is 2.75 bits per heavy atom. The molecule has 3 rings (SSSR count). The van der Waals surface area contributed by atoms with Gasteiger partial charge in [-0.25, -0.2) is 9.78 Å². The van der Waals surface area contributed by atoms with Gasteiger partial charge in [-0.2, -0.15) is 0 Å². The van der Waals surface area contributed by atoms with Gasteiger partial charge in [0, 0.05) is 13.1 Å². The van der Waals surface area contributed by atoms with Crippen LogP contribution in [0.15, 0.2) is 0 Å². The van der Waals surface area contributed by atoms with E-state index in [9.17, 15) is 9.59 Å². The van der Waals surface area contributed by atoms with Crippen LogP contribution in [0.5, 0.6) is 0 Å². The van der Waals surface area contributed by atoms with Gasteiger partial charge in [-0.1, -0.05) is 12.2 Å². The van der Waals surface area contributed by atoms with Gasteiger partial charge in [-0.15, -0.1) is 0 Å². The third-order valence-corrected chi connectivity index (χ3v) is 5.16. The first-order chi connectivity index (χ1) is 11.5. The van der Waals surface area contributed by atoms with Crippen LogP contribution in [0.2, 0.25) is 0 Å². The van der Waals surface area contributed by atoms with Gasteiger partial charge in [0.2, 0.25) is 0 Å². The molecule has 2 fully saturated rings. The van der Waals surface area contributed by atoms with Gasteiger partial charge in [0.15, 0.2) is 17.3 Å². The van der Waals surface area contributed by atoms with Crippen molar-refractivity contribution < 1.29 is 19.1 Å². The first-order valence-corrected chi connectivity index (χ1v) is 8.52. The van der Waals surface area contributed by atoms with Crippen molar-refractivity contribution in [2.24, 2.45) is 5.41 Å². The number of rotatable bonds is 3. The number of carbonyl (C=O) groups is 2. The molecule has 0 aromatic carbocycles. The SMILES string of the molecule is CCOC(=O)c1[nH]c(=S)c(C)nc1N1CCC2(CC1)COCC2=O. The lowest BCUT2D eigenvalue weighted by molar-refractivity contribution is -0.125. The number of aromatic nitrogens is 2. The largest absolute Gasteiger partial charge is 0.461 e. The molecule has 0 amide bonds. The minimum absolute atomic E-state index is 0.185. The van der Waals surface area contributed by atoms with E-state index in [0.717, 1.165) is 0 Å². The number of esters is 1. The lowest BCUT2D eigenvalue weighted by Gasteiger charge is -2.38. The zero-order valence-electron chi connectivity index (χ0n) is 13.9. The number of aromatic amines is 1. The van der Waals surface area contributed by atoms with Crippen LogP contribution in [-0.2, 0) is 14.3 Å². The lowest BCUT2D eigenvalue weighted by Crippen LogP contribution is -2.45. The first kappa shape index (κ1) is 17.0. The van der Waals surface area contributed by atoms with Crippen LogP contribution in [-0.4, -0.2) is 54.6 Å². The van der Waals surface area contributed by atoms with Gasteiger partial charge in [0.1, 0.15) is 11.2 Å². The molecule has 3 heterocycles. The van der Waals surface area contributed by atoms with Crippen LogP contribution >= 0.6 is 12.2 Å². The van der Waals surface area contributed by atoms with Gasteiger partial charge in [0.25, 0.3) is 0 Å². The molecule has 8 heteroatoms. The fraction of sp³-hybridized carbons (Fsp3) is 0.625. The van der Waals surface area contributed by atoms with E-state index >= 15 is 0 Å². The van der Waals surface area contributed by atoms with Crippen molar-refractivity contribution in [2.75, 3.05) is 37.8 Å². The van der Waals surface area contributed by atoms with Gasteiger partial charge in [-0.05, 0) is 26.7 Å². The summed E-state index contributed by atoms with van der Waals surface area (Å²) in [5.74, 6) is 0.261. The molecule has 2 saturated heterocycles. The number of carbonyl (C=O) groups excluding carboxylic acids is 2. The highest BCUT2D eigenvalue weighted by Gasteiger charge is 2.45. The van der Waals surface area contributed by atoms with E-state index in [1.165, 1.54) is 0 Å². The van der Waals surface area contributed by atoms with Crippen LogP contribution < -0.4 is 4.90 Å². The van der Waals surface area contributed by atoms with Gasteiger partial charge < -0.3 is 19.4 Å². The van der Waals surface area contributed by atoms with Gasteiger partial charge >= 0.3 is 5.97 Å². The van der Waals surface area contributed by atoms with Gasteiger partial charge in [-0.3, -0.25) is 4.79 Å². The van der Waals surface area contributed by atoms with Crippen molar-refractivity contribution in [1.82, 2.24) is 9.97 Å². The number of ketones is 1. The molecule has 24 heavy (non-hydrogen) atoms. The topological polar surface area (TPSA) is 84.5 Å². The average Bonchev–Trinajstić information content (AvgIpc) is 2.91. The second-order valence-corrected chi connectivity index (χ2v) is 6.66. The van der Waals surface area contributed by atoms with Crippen LogP contribution in [0.4, 0.5) is 5.82 Å². The maximum atomic E-state index is 12.2. The Balaban J connectivity index is 1.87. The summed E-state index contributed by atoms with van der Waals surface area (Å²) >= 11 is 5.20. The minimum atomic E-state index is -0.466. The molecule has 0 aliphatic carbocycles. The van der Waals surface area contributed by atoms with Crippen molar-refractivity contribution >= 4 is 29.8 Å². The quantitative estimate of drug-likeness (QED) is 0.657. The van der Waals surface area contributed by atoms with Crippen LogP contribution in [0.25, 0.3) is 0 Å². The Bertz CT molecular complexity index is 723. The molecule has 2 aliphatic rings. The minimum Gasteiger partial charge on any atom is -0.461 e. The molecular weight excluding hydrogens is 330 g/mol. The average molecular weight is 351 g/mol. The molecule has 7 nitrogen and oxygen atoms in total. The van der Waals surface area contributed by atoms with E-state index in [2.05, 4.69) is 9.97 Å². The number of aryl methyl sites for hydroxylation is 1. The summed E-state index contributed by atoms with van der Waals surface area (Å²) in [6.45, 7) is 5.82. The number of H-pyrrole nitrogens is 1. The van der Waals surface area contributed by atoms with Gasteiger partial charge in [0.05, 0.1) is 24.3 Å². The predicted molar refractivity (Wildman–Crippen MR) is 89.8 cm³/mol. The monoisotopic (exact) mass is 351 g/mol. The van der Waals surface area contributed by atoms with Crippen molar-refractivity contribution in [3.05, 3.63) is 16.0 Å². The Morgan fingerprint density at radius 2 is 2.17 bits per heavy atom. The highest BCUT2D eigenvalue weighted by atomic mass is 32.1. The van der Waals surface area contributed by atoms with E-state index in [1.807, 2.05) is 4.90 Å². The number of Topliss-reactive ketones (excluding diaryl/α,β-unsaturated/α-hetero) is 1. The third-order valence-electron chi connectivity index (χ3n) is 4.77. The Hall–Kier alpha value is -1.80. The second kappa shape index (κ2) is 6.60. The summed E-state index contributed by atoms with van der Waals surface area (Å²) in [7, 11) is 0. The molecule has 130 valence electrons. The van der Waals surface area contributed by atoms with Crippen LogP contribution in [0.1, 0.15) is 35.9 Å². The van der Waals surface area contributed by atoms with Crippen LogP contribution in [0.3, 0.4) is 0 Å². The number of anilines is 1. The molecule has 0 bridgehead atoms. The molecule has 1 aromatic heterocycles. The first-order valence-electron chi connectivity index (χ1n) is 8.11. The Labute approximate surface area is 145 Å². The van der Waals surface area contributed by atoms with Crippen molar-refractivity contribution in [1.29, 1.82) is 0 Å². The fourth-order valence-electron chi connectivity index (χ4n) is 3.24. The van der Waals surface area contributed by atoms with Crippen molar-refractivity contribution in [2.45, 2.75) is 26.7 Å². The predicted octanol–water partition coefficient (Wildman–Crippen LogP) is 1.81. The molecule has 2 aliphatic heterocycles. The lowest BCUT2D eigenvalue weighted by atomic mass is 9.77. The Morgan fingerprint density at radius 1 is 1.46 bits per heavy atom. The highest BCUT2D eigenvalue weighted by Crippen LogP contribution is 2.38. The summed E-state index contributed by atoms with van der Waals surface area (Å²) in [5.41, 5.74) is 0.572. The fourth-order valence-corrected chi connectivity index (χ4v) is 3.39. The van der Waals surface area contributed by atoms with E-state index in [4.69, 9.17) is 21.7 Å². The van der Waals surface area contributed by atoms with Crippen molar-refractivity contribution in [3.8, 4) is 0 Å². The molecule has 0 unspecified atom stereocenters. The summed E-state index contributed by atoms with van der Waals surface area (Å²) in [6.07, 6.45) is 1.40. The molecular formula is C16H21N3O4S. The van der Waals surface area contributed by atoms with Crippen molar-refractivity contribution in [3.63, 3.8) is 0 Å². The Kier molecular flexibility index (Phi) is 4.69. The standard InChI is InChI=1S/C16H21N3O4S/c1-3-23-15(21)12-13(17-10(2)14(24)18-12)19-6-4-16(5-7-19)9-22-8-11(16)20/h3-9H2,1-2H3,(H,18,24). The number of hydrogen-bond donors (Lipinski definition) is 1. The zero-order valence-corrected chi connectivity index (χ0v) is 14.7. The summed E-state index contributed by atoms with van der Waals surface area (Å²) in [6, 6.07) is 0. The number of nitrogens with one attached hydrogen (secondary N) is 1. The van der Waals surface area contributed by atoms with E-state index in [0.29, 0.717) is 48.7 Å². The summed E-state index contributed by atoms with van der Waals surface area (Å²) < 4.78 is 10.9. The number of ether oxygens (including phenoxy) is 2.